The van der Waals surface area contributed by atoms with Gasteiger partial charge in [0.15, 0.2) is 0 Å². The van der Waals surface area contributed by atoms with E-state index in [1.165, 1.54) is 71.1 Å². The lowest BCUT2D eigenvalue weighted by atomic mass is 9.96. The maximum atomic E-state index is 11.9. The van der Waals surface area contributed by atoms with E-state index in [0.717, 1.165) is 57.8 Å². The number of hydrogen-bond acceptors (Lipinski definition) is 7. The van der Waals surface area contributed by atoms with Crippen LogP contribution in [-0.4, -0.2) is 63.7 Å². The first kappa shape index (κ1) is 37.2. The molecule has 2 aliphatic heterocycles. The Balaban J connectivity index is 1.43. The van der Waals surface area contributed by atoms with Crippen molar-refractivity contribution in [3.05, 3.63) is 0 Å². The Morgan fingerprint density at radius 1 is 0.738 bits per heavy atom. The van der Waals surface area contributed by atoms with Crippen LogP contribution in [0.25, 0.3) is 0 Å². The predicted molar refractivity (Wildman–Crippen MR) is 167 cm³/mol. The number of Topliss-reactive ketones (excluding diaryl/α,β-unsaturated/α-hetero) is 1. The minimum atomic E-state index is -0.790. The molecule has 7 unspecified atom stereocenters. The molecule has 2 rings (SSSR count). The molecule has 0 amide bonds. The SMILES string of the molecule is CCCCCCCCCCCCCCC(O)C(O)CCC(O)C1CCC(CCCCCC2CC(CC(C)=O)C(=O)O2)O1. The van der Waals surface area contributed by atoms with E-state index >= 15 is 0 Å². The Bertz CT molecular complexity index is 713. The van der Waals surface area contributed by atoms with Gasteiger partial charge in [0, 0.05) is 6.42 Å². The largest absolute Gasteiger partial charge is 0.462 e. The van der Waals surface area contributed by atoms with Gasteiger partial charge in [0.2, 0.25) is 0 Å². The molecule has 0 spiro atoms. The van der Waals surface area contributed by atoms with Crippen LogP contribution in [0.15, 0.2) is 0 Å². The number of carbonyl (C=O) groups is 2. The highest BCUT2D eigenvalue weighted by atomic mass is 16.6. The standard InChI is InChI=1S/C35H64O7/c1-3-4-5-6-7-8-9-10-11-12-13-17-20-31(37)32(38)22-23-33(39)34-24-21-29(41-34)18-15-14-16-19-30-26-28(25-27(2)36)35(40)42-30/h28-34,37-39H,3-26H2,1-2H3. The van der Waals surface area contributed by atoms with E-state index in [1.807, 2.05) is 0 Å². The zero-order chi connectivity index (χ0) is 30.6. The molecule has 0 aromatic heterocycles. The van der Waals surface area contributed by atoms with Gasteiger partial charge < -0.3 is 29.6 Å². The highest BCUT2D eigenvalue weighted by Gasteiger charge is 2.35. The second kappa shape index (κ2) is 22.5. The van der Waals surface area contributed by atoms with Crippen molar-refractivity contribution in [3.63, 3.8) is 0 Å². The normalized spacial score (nSPS) is 24.5. The second-order valence-electron chi connectivity index (χ2n) is 13.4. The topological polar surface area (TPSA) is 113 Å². The summed E-state index contributed by atoms with van der Waals surface area (Å²) in [5.41, 5.74) is 0. The number of rotatable bonds is 26. The Labute approximate surface area is 256 Å². The summed E-state index contributed by atoms with van der Waals surface area (Å²) in [4.78, 5) is 23.2. The fourth-order valence-corrected chi connectivity index (χ4v) is 6.67. The zero-order valence-corrected chi connectivity index (χ0v) is 27.0. The van der Waals surface area contributed by atoms with Crippen LogP contribution < -0.4 is 0 Å². The Morgan fingerprint density at radius 3 is 1.90 bits per heavy atom. The van der Waals surface area contributed by atoms with Gasteiger partial charge in [-0.2, -0.15) is 0 Å². The Kier molecular flexibility index (Phi) is 19.9. The number of ketones is 1. The highest BCUT2D eigenvalue weighted by Crippen LogP contribution is 2.30. The first-order valence-electron chi connectivity index (χ1n) is 17.7. The van der Waals surface area contributed by atoms with Gasteiger partial charge in [-0.1, -0.05) is 96.8 Å². The van der Waals surface area contributed by atoms with Crippen LogP contribution in [-0.2, 0) is 19.1 Å². The maximum Gasteiger partial charge on any atom is 0.309 e. The third kappa shape index (κ3) is 16.2. The van der Waals surface area contributed by atoms with E-state index in [-0.39, 0.29) is 36.0 Å². The van der Waals surface area contributed by atoms with E-state index in [2.05, 4.69) is 6.92 Å². The van der Waals surface area contributed by atoms with E-state index < -0.39 is 18.3 Å². The maximum absolute atomic E-state index is 11.9. The van der Waals surface area contributed by atoms with Crippen molar-refractivity contribution >= 4 is 11.8 Å². The Morgan fingerprint density at radius 2 is 1.29 bits per heavy atom. The molecule has 0 radical (unpaired) electrons. The van der Waals surface area contributed by atoms with Gasteiger partial charge in [-0.05, 0) is 64.7 Å². The number of cyclic esters (lactones) is 1. The number of ether oxygens (including phenoxy) is 2. The highest BCUT2D eigenvalue weighted by molar-refractivity contribution is 5.83. The molecule has 2 saturated heterocycles. The van der Waals surface area contributed by atoms with E-state index in [0.29, 0.717) is 32.1 Å². The molecular weight excluding hydrogens is 532 g/mol. The fourth-order valence-electron chi connectivity index (χ4n) is 6.67. The van der Waals surface area contributed by atoms with Crippen LogP contribution in [0.1, 0.15) is 168 Å². The average molecular weight is 597 g/mol. The molecule has 7 heteroatoms. The quantitative estimate of drug-likeness (QED) is 0.0707. The summed E-state index contributed by atoms with van der Waals surface area (Å²) in [5.74, 6) is -0.441. The molecule has 7 atom stereocenters. The lowest BCUT2D eigenvalue weighted by Crippen LogP contribution is -2.31. The summed E-state index contributed by atoms with van der Waals surface area (Å²) in [6.45, 7) is 3.78. The van der Waals surface area contributed by atoms with Crippen molar-refractivity contribution in [2.75, 3.05) is 0 Å². The number of carbonyl (C=O) groups excluding carboxylic acids is 2. The summed E-state index contributed by atoms with van der Waals surface area (Å²) in [6, 6.07) is 0. The molecule has 0 aromatic carbocycles. The zero-order valence-electron chi connectivity index (χ0n) is 27.0. The number of unbranched alkanes of at least 4 members (excludes halogenated alkanes) is 13. The van der Waals surface area contributed by atoms with Crippen molar-refractivity contribution in [1.29, 1.82) is 0 Å². The van der Waals surface area contributed by atoms with Gasteiger partial charge in [0.1, 0.15) is 11.9 Å². The van der Waals surface area contributed by atoms with Crippen LogP contribution in [0.2, 0.25) is 0 Å². The van der Waals surface area contributed by atoms with Crippen LogP contribution in [0.5, 0.6) is 0 Å². The molecule has 2 aliphatic rings. The van der Waals surface area contributed by atoms with Gasteiger partial charge in [0.05, 0.1) is 36.4 Å². The predicted octanol–water partition coefficient (Wildman–Crippen LogP) is 7.35. The average Bonchev–Trinajstić information content (AvgIpc) is 3.57. The molecule has 0 aromatic rings. The van der Waals surface area contributed by atoms with Crippen LogP contribution in [0.3, 0.4) is 0 Å². The van der Waals surface area contributed by atoms with Crippen LogP contribution in [0, 0.1) is 5.92 Å². The first-order chi connectivity index (χ1) is 20.3. The molecule has 42 heavy (non-hydrogen) atoms. The summed E-state index contributed by atoms with van der Waals surface area (Å²) in [7, 11) is 0. The van der Waals surface area contributed by atoms with Crippen molar-refractivity contribution < 1.29 is 34.4 Å². The smallest absolute Gasteiger partial charge is 0.309 e. The van der Waals surface area contributed by atoms with E-state index in [9.17, 15) is 24.9 Å². The third-order valence-electron chi connectivity index (χ3n) is 9.37. The molecule has 2 fully saturated rings. The summed E-state index contributed by atoms with van der Waals surface area (Å²) in [5, 5.41) is 31.4. The van der Waals surface area contributed by atoms with Gasteiger partial charge in [-0.3, -0.25) is 4.79 Å². The first-order valence-corrected chi connectivity index (χ1v) is 17.7. The molecule has 2 heterocycles. The van der Waals surface area contributed by atoms with Crippen molar-refractivity contribution in [2.24, 2.45) is 5.92 Å². The molecule has 3 N–H and O–H groups in total. The summed E-state index contributed by atoms with van der Waals surface area (Å²) < 4.78 is 11.5. The lowest BCUT2D eigenvalue weighted by Gasteiger charge is -2.22. The van der Waals surface area contributed by atoms with Crippen LogP contribution in [0.4, 0.5) is 0 Å². The minimum Gasteiger partial charge on any atom is -0.462 e. The van der Waals surface area contributed by atoms with Gasteiger partial charge in [0.25, 0.3) is 0 Å². The van der Waals surface area contributed by atoms with Crippen molar-refractivity contribution in [3.8, 4) is 0 Å². The molecular formula is C35H64O7. The van der Waals surface area contributed by atoms with Crippen molar-refractivity contribution in [2.45, 2.75) is 205 Å². The monoisotopic (exact) mass is 596 g/mol. The summed E-state index contributed by atoms with van der Waals surface area (Å²) >= 11 is 0. The molecule has 0 aliphatic carbocycles. The Hall–Kier alpha value is -1.02. The molecule has 0 saturated carbocycles. The van der Waals surface area contributed by atoms with E-state index in [4.69, 9.17) is 9.47 Å². The minimum absolute atomic E-state index is 0.0383. The lowest BCUT2D eigenvalue weighted by molar-refractivity contribution is -0.145. The van der Waals surface area contributed by atoms with Gasteiger partial charge in [-0.25, -0.2) is 0 Å². The fraction of sp³-hybridized carbons (Fsp3) is 0.943. The molecule has 246 valence electrons. The van der Waals surface area contributed by atoms with Crippen LogP contribution >= 0.6 is 0 Å². The summed E-state index contributed by atoms with van der Waals surface area (Å²) in [6.07, 6.45) is 22.2. The second-order valence-corrected chi connectivity index (χ2v) is 13.4. The van der Waals surface area contributed by atoms with Gasteiger partial charge in [-0.15, -0.1) is 0 Å². The van der Waals surface area contributed by atoms with Gasteiger partial charge >= 0.3 is 5.97 Å². The number of esters is 1. The number of aliphatic hydroxyl groups is 3. The third-order valence-corrected chi connectivity index (χ3v) is 9.37. The number of hydrogen-bond donors (Lipinski definition) is 3. The molecule has 7 nitrogen and oxygen atoms in total. The van der Waals surface area contributed by atoms with E-state index in [1.54, 1.807) is 0 Å². The molecule has 0 bridgehead atoms. The number of aliphatic hydroxyl groups excluding tert-OH is 3. The van der Waals surface area contributed by atoms with Crippen molar-refractivity contribution in [1.82, 2.24) is 0 Å².